The first-order valence-corrected chi connectivity index (χ1v) is 6.13. The molecule has 90 valence electrons. The molecule has 0 aromatic carbocycles. The van der Waals surface area contributed by atoms with Gasteiger partial charge in [-0.2, -0.15) is 0 Å². The minimum atomic E-state index is 0.180. The van der Waals surface area contributed by atoms with Crippen LogP contribution in [0, 0.1) is 0 Å². The number of rotatable bonds is 3. The van der Waals surface area contributed by atoms with Crippen LogP contribution in [0.4, 0.5) is 5.82 Å². The van der Waals surface area contributed by atoms with Crippen LogP contribution in [0.2, 0.25) is 0 Å². The van der Waals surface area contributed by atoms with Crippen LogP contribution < -0.4 is 4.90 Å². The van der Waals surface area contributed by atoms with Crippen molar-refractivity contribution < 1.29 is 4.79 Å². The van der Waals surface area contributed by atoms with Gasteiger partial charge in [0.1, 0.15) is 18.2 Å². The molecule has 1 amide bonds. The Kier molecular flexibility index (Phi) is 2.46. The molecule has 2 fully saturated rings. The Morgan fingerprint density at radius 1 is 1.47 bits per heavy atom. The highest BCUT2D eigenvalue weighted by Crippen LogP contribution is 2.38. The van der Waals surface area contributed by atoms with Gasteiger partial charge in [0.2, 0.25) is 5.91 Å². The second-order valence-corrected chi connectivity index (χ2v) is 4.64. The molecular formula is C12H16N4O. The highest BCUT2D eigenvalue weighted by Gasteiger charge is 2.30. The van der Waals surface area contributed by atoms with E-state index >= 15 is 0 Å². The minimum absolute atomic E-state index is 0.180. The van der Waals surface area contributed by atoms with Gasteiger partial charge in [-0.1, -0.05) is 0 Å². The van der Waals surface area contributed by atoms with Gasteiger partial charge in [0, 0.05) is 18.7 Å². The number of likely N-dealkylation sites (N-methyl/N-ethyl adjacent to an activating group) is 1. The fourth-order valence-electron chi connectivity index (χ4n) is 2.11. The molecule has 1 aliphatic carbocycles. The number of nitrogens with zero attached hydrogens (tertiary/aromatic N) is 4. The summed E-state index contributed by atoms with van der Waals surface area (Å²) in [5.74, 6) is 2.55. The summed E-state index contributed by atoms with van der Waals surface area (Å²) in [6.07, 6.45) is 4.20. The molecule has 0 unspecified atom stereocenters. The Bertz CT molecular complexity index is 444. The first-order valence-electron chi connectivity index (χ1n) is 6.13. The van der Waals surface area contributed by atoms with Gasteiger partial charge in [0.25, 0.3) is 0 Å². The lowest BCUT2D eigenvalue weighted by atomic mass is 10.4. The zero-order chi connectivity index (χ0) is 11.8. The lowest BCUT2D eigenvalue weighted by Gasteiger charge is -2.17. The molecule has 0 radical (unpaired) electrons. The van der Waals surface area contributed by atoms with Gasteiger partial charge in [-0.15, -0.1) is 0 Å². The second kappa shape index (κ2) is 3.98. The third-order valence-electron chi connectivity index (χ3n) is 3.33. The number of hydrogen-bond acceptors (Lipinski definition) is 4. The molecule has 0 bridgehead atoms. The number of amides is 1. The van der Waals surface area contributed by atoms with Crippen molar-refractivity contribution in [3.63, 3.8) is 0 Å². The van der Waals surface area contributed by atoms with E-state index in [4.69, 9.17) is 0 Å². The largest absolute Gasteiger partial charge is 0.329 e. The van der Waals surface area contributed by atoms with E-state index in [0.717, 1.165) is 18.2 Å². The van der Waals surface area contributed by atoms with E-state index in [1.54, 1.807) is 6.20 Å². The van der Waals surface area contributed by atoms with Crippen LogP contribution in [0.3, 0.4) is 0 Å². The first-order chi connectivity index (χ1) is 8.28. The molecule has 0 atom stereocenters. The van der Waals surface area contributed by atoms with E-state index in [-0.39, 0.29) is 5.91 Å². The summed E-state index contributed by atoms with van der Waals surface area (Å²) in [6.45, 7) is 3.85. The summed E-state index contributed by atoms with van der Waals surface area (Å²) in [5, 5.41) is 0. The maximum absolute atomic E-state index is 11.7. The quantitative estimate of drug-likeness (QED) is 0.779. The van der Waals surface area contributed by atoms with Crippen LogP contribution >= 0.6 is 0 Å². The van der Waals surface area contributed by atoms with Crippen molar-refractivity contribution in [3.8, 4) is 0 Å². The predicted molar refractivity (Wildman–Crippen MR) is 63.6 cm³/mol. The molecular weight excluding hydrogens is 216 g/mol. The molecule has 1 aromatic rings. The molecule has 1 saturated heterocycles. The minimum Gasteiger partial charge on any atom is -0.329 e. The van der Waals surface area contributed by atoms with Crippen molar-refractivity contribution in [3.05, 3.63) is 18.1 Å². The van der Waals surface area contributed by atoms with E-state index in [2.05, 4.69) is 9.97 Å². The predicted octanol–water partition coefficient (Wildman–Crippen LogP) is 0.980. The molecule has 1 saturated carbocycles. The summed E-state index contributed by atoms with van der Waals surface area (Å²) in [6, 6.07) is 1.89. The standard InChI is InChI=1S/C12H16N4O/c1-2-15-8-16(7-11(15)17)10-5-6-13-12(14-10)9-3-4-9/h5-6,9H,2-4,7-8H2,1H3. The van der Waals surface area contributed by atoms with E-state index in [1.165, 1.54) is 12.8 Å². The van der Waals surface area contributed by atoms with Gasteiger partial charge < -0.3 is 9.80 Å². The molecule has 0 spiro atoms. The Balaban J connectivity index is 1.80. The van der Waals surface area contributed by atoms with E-state index in [1.807, 2.05) is 22.8 Å². The number of carbonyl (C=O) groups excluding carboxylic acids is 1. The van der Waals surface area contributed by atoms with Gasteiger partial charge in [0.05, 0.1) is 6.67 Å². The van der Waals surface area contributed by atoms with Crippen LogP contribution in [0.1, 0.15) is 31.5 Å². The van der Waals surface area contributed by atoms with Crippen LogP contribution in [0.5, 0.6) is 0 Å². The van der Waals surface area contributed by atoms with Gasteiger partial charge in [-0.25, -0.2) is 9.97 Å². The average Bonchev–Trinajstić information content (AvgIpc) is 3.13. The number of anilines is 1. The van der Waals surface area contributed by atoms with Crippen LogP contribution in [-0.4, -0.2) is 40.5 Å². The summed E-state index contributed by atoms with van der Waals surface area (Å²) < 4.78 is 0. The van der Waals surface area contributed by atoms with Crippen LogP contribution in [0.15, 0.2) is 12.3 Å². The lowest BCUT2D eigenvalue weighted by Crippen LogP contribution is -2.27. The Morgan fingerprint density at radius 2 is 2.29 bits per heavy atom. The fourth-order valence-corrected chi connectivity index (χ4v) is 2.11. The SMILES string of the molecule is CCN1CN(c2ccnc(C3CC3)n2)CC1=O. The highest BCUT2D eigenvalue weighted by atomic mass is 16.2. The molecule has 1 aromatic heterocycles. The van der Waals surface area contributed by atoms with Crippen LogP contribution in [0.25, 0.3) is 0 Å². The molecule has 17 heavy (non-hydrogen) atoms. The summed E-state index contributed by atoms with van der Waals surface area (Å²) in [7, 11) is 0. The second-order valence-electron chi connectivity index (χ2n) is 4.64. The number of hydrogen-bond donors (Lipinski definition) is 0. The molecule has 2 heterocycles. The Labute approximate surface area is 100 Å². The van der Waals surface area contributed by atoms with Crippen molar-refractivity contribution >= 4 is 11.7 Å². The van der Waals surface area contributed by atoms with Crippen molar-refractivity contribution in [2.45, 2.75) is 25.7 Å². The topological polar surface area (TPSA) is 49.3 Å². The van der Waals surface area contributed by atoms with Crippen molar-refractivity contribution in [2.24, 2.45) is 0 Å². The maximum Gasteiger partial charge on any atom is 0.243 e. The Hall–Kier alpha value is -1.65. The number of aromatic nitrogens is 2. The van der Waals surface area contributed by atoms with E-state index < -0.39 is 0 Å². The third-order valence-corrected chi connectivity index (χ3v) is 3.33. The molecule has 3 rings (SSSR count). The smallest absolute Gasteiger partial charge is 0.243 e. The third kappa shape index (κ3) is 1.97. The van der Waals surface area contributed by atoms with Gasteiger partial charge >= 0.3 is 0 Å². The zero-order valence-corrected chi connectivity index (χ0v) is 9.96. The fraction of sp³-hybridized carbons (Fsp3) is 0.583. The van der Waals surface area contributed by atoms with E-state index in [0.29, 0.717) is 19.1 Å². The average molecular weight is 232 g/mol. The van der Waals surface area contributed by atoms with Crippen LogP contribution in [-0.2, 0) is 4.79 Å². The van der Waals surface area contributed by atoms with Crippen molar-refractivity contribution in [1.29, 1.82) is 0 Å². The first kappa shape index (κ1) is 10.5. The summed E-state index contributed by atoms with van der Waals surface area (Å²) >= 11 is 0. The van der Waals surface area contributed by atoms with E-state index in [9.17, 15) is 4.79 Å². The Morgan fingerprint density at radius 3 is 2.94 bits per heavy atom. The molecule has 1 aliphatic heterocycles. The highest BCUT2D eigenvalue weighted by molar-refractivity contribution is 5.84. The normalized spacial score (nSPS) is 20.2. The maximum atomic E-state index is 11.7. The van der Waals surface area contributed by atoms with Gasteiger partial charge in [-0.05, 0) is 25.8 Å². The molecule has 5 heteroatoms. The van der Waals surface area contributed by atoms with Crippen molar-refractivity contribution in [1.82, 2.24) is 14.9 Å². The molecule has 0 N–H and O–H groups in total. The van der Waals surface area contributed by atoms with Gasteiger partial charge in [0.15, 0.2) is 0 Å². The molecule has 5 nitrogen and oxygen atoms in total. The number of carbonyl (C=O) groups is 1. The van der Waals surface area contributed by atoms with Gasteiger partial charge in [-0.3, -0.25) is 4.79 Å². The summed E-state index contributed by atoms with van der Waals surface area (Å²) in [4.78, 5) is 24.4. The summed E-state index contributed by atoms with van der Waals surface area (Å²) in [5.41, 5.74) is 0. The lowest BCUT2D eigenvalue weighted by molar-refractivity contribution is -0.126. The monoisotopic (exact) mass is 232 g/mol. The zero-order valence-electron chi connectivity index (χ0n) is 9.96. The van der Waals surface area contributed by atoms with Crippen molar-refractivity contribution in [2.75, 3.05) is 24.7 Å². The molecule has 2 aliphatic rings.